The van der Waals surface area contributed by atoms with E-state index in [2.05, 4.69) is 4.90 Å². The number of ether oxygens (including phenoxy) is 1. The zero-order valence-corrected chi connectivity index (χ0v) is 10.4. The lowest BCUT2D eigenvalue weighted by molar-refractivity contribution is 0.0374. The Bertz CT molecular complexity index is 447. The fourth-order valence-electron chi connectivity index (χ4n) is 2.12. The average molecular weight is 277 g/mol. The van der Waals surface area contributed by atoms with Gasteiger partial charge in [0.05, 0.1) is 13.2 Å². The fourth-order valence-corrected chi connectivity index (χ4v) is 2.12. The number of nitrogens with zero attached hydrogens (tertiary/aromatic N) is 1. The minimum absolute atomic E-state index is 0.121. The van der Waals surface area contributed by atoms with E-state index in [4.69, 9.17) is 4.74 Å². The predicted octanol–water partition coefficient (Wildman–Crippen LogP) is 2.51. The molecule has 106 valence electrons. The van der Waals surface area contributed by atoms with Gasteiger partial charge in [0.15, 0.2) is 23.3 Å². The third kappa shape index (κ3) is 3.45. The quantitative estimate of drug-likeness (QED) is 0.476. The number of benzene rings is 1. The van der Waals surface area contributed by atoms with E-state index in [9.17, 15) is 17.6 Å². The van der Waals surface area contributed by atoms with Crippen molar-refractivity contribution in [3.63, 3.8) is 0 Å². The van der Waals surface area contributed by atoms with Gasteiger partial charge in [-0.25, -0.2) is 17.6 Å². The van der Waals surface area contributed by atoms with Crippen LogP contribution in [0.15, 0.2) is 6.07 Å². The van der Waals surface area contributed by atoms with Gasteiger partial charge in [-0.1, -0.05) is 0 Å². The molecule has 1 aromatic rings. The summed E-state index contributed by atoms with van der Waals surface area (Å²) in [5.74, 6) is -6.13. The van der Waals surface area contributed by atoms with E-state index in [1.54, 1.807) is 0 Å². The van der Waals surface area contributed by atoms with Crippen LogP contribution in [0.4, 0.5) is 17.6 Å². The van der Waals surface area contributed by atoms with Crippen molar-refractivity contribution in [2.24, 2.45) is 0 Å². The van der Waals surface area contributed by atoms with Crippen LogP contribution in [0.25, 0.3) is 0 Å². The summed E-state index contributed by atoms with van der Waals surface area (Å²) in [4.78, 5) is 2.14. The topological polar surface area (TPSA) is 12.5 Å². The van der Waals surface area contributed by atoms with Crippen molar-refractivity contribution in [2.75, 3.05) is 32.8 Å². The molecule has 2 rings (SSSR count). The molecule has 0 N–H and O–H groups in total. The maximum atomic E-state index is 13.4. The van der Waals surface area contributed by atoms with Gasteiger partial charge in [-0.15, -0.1) is 0 Å². The van der Waals surface area contributed by atoms with Gasteiger partial charge in [-0.3, -0.25) is 4.90 Å². The minimum atomic E-state index is -1.76. The molecule has 0 unspecified atom stereocenters. The van der Waals surface area contributed by atoms with Crippen molar-refractivity contribution >= 4 is 0 Å². The van der Waals surface area contributed by atoms with Gasteiger partial charge in [-0.2, -0.15) is 0 Å². The highest BCUT2D eigenvalue weighted by Crippen LogP contribution is 2.20. The van der Waals surface area contributed by atoms with E-state index in [0.29, 0.717) is 26.2 Å². The first kappa shape index (κ1) is 14.3. The summed E-state index contributed by atoms with van der Waals surface area (Å²) in [6, 6.07) is 0.729. The molecule has 2 nitrogen and oxygen atoms in total. The van der Waals surface area contributed by atoms with Crippen LogP contribution in [-0.4, -0.2) is 37.7 Å². The molecule has 0 bridgehead atoms. The summed E-state index contributed by atoms with van der Waals surface area (Å²) < 4.78 is 57.4. The van der Waals surface area contributed by atoms with Crippen LogP contribution in [0.2, 0.25) is 0 Å². The molecule has 0 aromatic heterocycles. The van der Waals surface area contributed by atoms with Crippen molar-refractivity contribution < 1.29 is 22.3 Å². The fraction of sp³-hybridized carbons (Fsp3) is 0.538. The van der Waals surface area contributed by atoms with Crippen molar-refractivity contribution in [2.45, 2.75) is 12.8 Å². The molecule has 0 amide bonds. The largest absolute Gasteiger partial charge is 0.379 e. The van der Waals surface area contributed by atoms with Crippen LogP contribution >= 0.6 is 0 Å². The summed E-state index contributed by atoms with van der Waals surface area (Å²) in [5, 5.41) is 0. The highest BCUT2D eigenvalue weighted by Gasteiger charge is 2.18. The van der Waals surface area contributed by atoms with Crippen LogP contribution in [0.5, 0.6) is 0 Å². The number of halogens is 4. The third-order valence-electron chi connectivity index (χ3n) is 3.20. The van der Waals surface area contributed by atoms with E-state index in [0.717, 1.165) is 19.2 Å². The Morgan fingerprint density at radius 2 is 1.68 bits per heavy atom. The average Bonchev–Trinajstić information content (AvgIpc) is 2.43. The number of hydrogen-bond acceptors (Lipinski definition) is 2. The van der Waals surface area contributed by atoms with Gasteiger partial charge in [0.2, 0.25) is 0 Å². The van der Waals surface area contributed by atoms with Crippen LogP contribution in [0, 0.1) is 23.3 Å². The maximum Gasteiger partial charge on any atom is 0.197 e. The molecule has 6 heteroatoms. The zero-order chi connectivity index (χ0) is 13.8. The Kier molecular flexibility index (Phi) is 4.76. The second kappa shape index (κ2) is 6.34. The standard InChI is InChI=1S/C13H15F4NO/c14-10-8-9(11(15)13(17)12(10)16)2-1-3-18-4-6-19-7-5-18/h8H,1-7H2. The molecular formula is C13H15F4NO. The highest BCUT2D eigenvalue weighted by atomic mass is 19.2. The van der Waals surface area contributed by atoms with Gasteiger partial charge >= 0.3 is 0 Å². The van der Waals surface area contributed by atoms with E-state index in [-0.39, 0.29) is 12.0 Å². The van der Waals surface area contributed by atoms with Crippen LogP contribution < -0.4 is 0 Å². The third-order valence-corrected chi connectivity index (χ3v) is 3.20. The van der Waals surface area contributed by atoms with Gasteiger partial charge in [0.25, 0.3) is 0 Å². The minimum Gasteiger partial charge on any atom is -0.379 e. The lowest BCUT2D eigenvalue weighted by atomic mass is 10.1. The first-order chi connectivity index (χ1) is 9.09. The second-order valence-electron chi connectivity index (χ2n) is 4.52. The van der Waals surface area contributed by atoms with Crippen LogP contribution in [0.3, 0.4) is 0 Å². The summed E-state index contributed by atoms with van der Waals surface area (Å²) in [6.07, 6.45) is 0.735. The number of rotatable bonds is 4. The van der Waals surface area contributed by atoms with Gasteiger partial charge in [-0.05, 0) is 31.0 Å². The zero-order valence-electron chi connectivity index (χ0n) is 10.4. The highest BCUT2D eigenvalue weighted by molar-refractivity contribution is 5.21. The summed E-state index contributed by atoms with van der Waals surface area (Å²) in [6.45, 7) is 3.62. The van der Waals surface area contributed by atoms with Crippen LogP contribution in [0.1, 0.15) is 12.0 Å². The molecule has 1 saturated heterocycles. The SMILES string of the molecule is Fc1cc(CCCN2CCOCC2)c(F)c(F)c1F. The molecule has 0 radical (unpaired) electrons. The molecular weight excluding hydrogens is 262 g/mol. The van der Waals surface area contributed by atoms with Crippen molar-refractivity contribution in [3.8, 4) is 0 Å². The Labute approximate surface area is 109 Å². The number of morpholine rings is 1. The second-order valence-corrected chi connectivity index (χ2v) is 4.52. The summed E-state index contributed by atoms with van der Waals surface area (Å²) in [7, 11) is 0. The lowest BCUT2D eigenvalue weighted by Gasteiger charge is -2.26. The molecule has 0 atom stereocenters. The molecule has 19 heavy (non-hydrogen) atoms. The Morgan fingerprint density at radius 3 is 2.37 bits per heavy atom. The predicted molar refractivity (Wildman–Crippen MR) is 61.9 cm³/mol. The lowest BCUT2D eigenvalue weighted by Crippen LogP contribution is -2.37. The van der Waals surface area contributed by atoms with Gasteiger partial charge in [0, 0.05) is 13.1 Å². The molecule has 1 aliphatic rings. The molecule has 0 saturated carbocycles. The van der Waals surface area contributed by atoms with Gasteiger partial charge in [0.1, 0.15) is 0 Å². The number of hydrogen-bond donors (Lipinski definition) is 0. The Morgan fingerprint density at radius 1 is 1.00 bits per heavy atom. The molecule has 0 aliphatic carbocycles. The van der Waals surface area contributed by atoms with Crippen molar-refractivity contribution in [1.29, 1.82) is 0 Å². The van der Waals surface area contributed by atoms with E-state index in [1.807, 2.05) is 0 Å². The summed E-state index contributed by atoms with van der Waals surface area (Å²) in [5.41, 5.74) is -0.121. The first-order valence-corrected chi connectivity index (χ1v) is 6.21. The van der Waals surface area contributed by atoms with Crippen molar-refractivity contribution in [3.05, 3.63) is 34.9 Å². The number of aryl methyl sites for hydroxylation is 1. The molecule has 1 fully saturated rings. The van der Waals surface area contributed by atoms with Crippen LogP contribution in [-0.2, 0) is 11.2 Å². The maximum absolute atomic E-state index is 13.4. The molecule has 0 spiro atoms. The normalized spacial score (nSPS) is 16.8. The molecule has 1 aromatic carbocycles. The van der Waals surface area contributed by atoms with E-state index < -0.39 is 23.3 Å². The molecule has 1 aliphatic heterocycles. The molecule has 1 heterocycles. The van der Waals surface area contributed by atoms with E-state index >= 15 is 0 Å². The van der Waals surface area contributed by atoms with E-state index in [1.165, 1.54) is 0 Å². The smallest absolute Gasteiger partial charge is 0.197 e. The summed E-state index contributed by atoms with van der Waals surface area (Å²) >= 11 is 0. The monoisotopic (exact) mass is 277 g/mol. The first-order valence-electron chi connectivity index (χ1n) is 6.21. The Balaban J connectivity index is 1.92. The Hall–Kier alpha value is -1.14. The van der Waals surface area contributed by atoms with Crippen molar-refractivity contribution in [1.82, 2.24) is 4.90 Å². The van der Waals surface area contributed by atoms with Gasteiger partial charge < -0.3 is 4.74 Å².